The fraction of sp³-hybridized carbons (Fsp3) is 0.231. The Morgan fingerprint density at radius 3 is 2.67 bits per heavy atom. The van der Waals surface area contributed by atoms with Crippen molar-refractivity contribution in [1.82, 2.24) is 9.97 Å². The molecule has 3 nitrogen and oxygen atoms in total. The van der Waals surface area contributed by atoms with Crippen LogP contribution >= 0.6 is 15.9 Å². The lowest BCUT2D eigenvalue weighted by molar-refractivity contribution is 0.617. The Morgan fingerprint density at radius 1 is 1.28 bits per heavy atom. The molecular weight excluding hydrogens is 297 g/mol. The third-order valence-electron chi connectivity index (χ3n) is 2.62. The van der Waals surface area contributed by atoms with Gasteiger partial charge < -0.3 is 5.32 Å². The van der Waals surface area contributed by atoms with E-state index in [1.165, 1.54) is 12.3 Å². The van der Waals surface area contributed by atoms with Crippen LogP contribution in [0.25, 0.3) is 0 Å². The summed E-state index contributed by atoms with van der Waals surface area (Å²) in [6.07, 6.45) is 1.22. The van der Waals surface area contributed by atoms with Crippen molar-refractivity contribution in [2.45, 2.75) is 19.9 Å². The zero-order valence-corrected chi connectivity index (χ0v) is 11.7. The maximum atomic E-state index is 12.8. The normalized spacial score (nSPS) is 12.2. The Morgan fingerprint density at radius 2 is 2.06 bits per heavy atom. The van der Waals surface area contributed by atoms with Crippen LogP contribution in [0.4, 0.5) is 10.1 Å². The van der Waals surface area contributed by atoms with E-state index in [1.54, 1.807) is 6.07 Å². The first-order chi connectivity index (χ1) is 8.56. The summed E-state index contributed by atoms with van der Waals surface area (Å²) in [6, 6.07) is 6.90. The van der Waals surface area contributed by atoms with Crippen molar-refractivity contribution in [2.24, 2.45) is 0 Å². The highest BCUT2D eigenvalue weighted by Crippen LogP contribution is 2.21. The van der Waals surface area contributed by atoms with Gasteiger partial charge in [0.25, 0.3) is 0 Å². The highest BCUT2D eigenvalue weighted by atomic mass is 79.9. The molecule has 2 aromatic rings. The first kappa shape index (κ1) is 13.0. The van der Waals surface area contributed by atoms with Crippen LogP contribution < -0.4 is 5.32 Å². The van der Waals surface area contributed by atoms with Crippen molar-refractivity contribution < 1.29 is 4.39 Å². The maximum Gasteiger partial charge on any atom is 0.141 e. The van der Waals surface area contributed by atoms with Crippen LogP contribution in [0.5, 0.6) is 0 Å². The van der Waals surface area contributed by atoms with Crippen molar-refractivity contribution in [1.29, 1.82) is 0 Å². The number of anilines is 1. The molecule has 2 aromatic heterocycles. The molecule has 0 saturated heterocycles. The summed E-state index contributed by atoms with van der Waals surface area (Å²) >= 11 is 3.32. The zero-order chi connectivity index (χ0) is 13.1. The Balaban J connectivity index is 2.15. The Hall–Kier alpha value is -1.49. The summed E-state index contributed by atoms with van der Waals surface area (Å²) in [7, 11) is 0. The van der Waals surface area contributed by atoms with Gasteiger partial charge in [0, 0.05) is 0 Å². The summed E-state index contributed by atoms with van der Waals surface area (Å²) in [4.78, 5) is 8.36. The van der Waals surface area contributed by atoms with Gasteiger partial charge in [-0.1, -0.05) is 0 Å². The summed E-state index contributed by atoms with van der Waals surface area (Å²) in [6.45, 7) is 3.90. The van der Waals surface area contributed by atoms with Gasteiger partial charge in [0.05, 0.1) is 29.3 Å². The zero-order valence-electron chi connectivity index (χ0n) is 10.1. The number of rotatable bonds is 3. The second-order valence-corrected chi connectivity index (χ2v) is 4.85. The number of nitrogens with one attached hydrogen (secondary N) is 1. The van der Waals surface area contributed by atoms with Gasteiger partial charge in [-0.3, -0.25) is 4.98 Å². The van der Waals surface area contributed by atoms with Crippen LogP contribution in [-0.4, -0.2) is 9.97 Å². The number of halogens is 2. The second-order valence-electron chi connectivity index (χ2n) is 4.03. The quantitative estimate of drug-likeness (QED) is 0.875. The SMILES string of the molecule is Cc1nc(Br)ccc1NC(C)c1ccc(F)cn1. The Labute approximate surface area is 114 Å². The van der Waals surface area contributed by atoms with Crippen molar-refractivity contribution in [3.8, 4) is 0 Å². The van der Waals surface area contributed by atoms with Gasteiger partial charge in [-0.05, 0) is 54.0 Å². The average molecular weight is 310 g/mol. The van der Waals surface area contributed by atoms with Gasteiger partial charge in [0.1, 0.15) is 10.4 Å². The molecule has 0 saturated carbocycles. The van der Waals surface area contributed by atoms with Crippen molar-refractivity contribution in [3.05, 3.63) is 52.3 Å². The topological polar surface area (TPSA) is 37.8 Å². The number of aromatic nitrogens is 2. The predicted octanol–water partition coefficient (Wildman–Crippen LogP) is 3.86. The molecule has 0 radical (unpaired) electrons. The molecule has 0 bridgehead atoms. The minimum absolute atomic E-state index is 0.00715. The molecule has 0 aromatic carbocycles. The largest absolute Gasteiger partial charge is 0.375 e. The van der Waals surface area contributed by atoms with Crippen LogP contribution in [0, 0.1) is 12.7 Å². The highest BCUT2D eigenvalue weighted by molar-refractivity contribution is 9.10. The maximum absolute atomic E-state index is 12.8. The van der Waals surface area contributed by atoms with Gasteiger partial charge in [0.2, 0.25) is 0 Å². The van der Waals surface area contributed by atoms with Crippen molar-refractivity contribution >= 4 is 21.6 Å². The number of aryl methyl sites for hydroxylation is 1. The third-order valence-corrected chi connectivity index (χ3v) is 3.06. The number of hydrogen-bond acceptors (Lipinski definition) is 3. The highest BCUT2D eigenvalue weighted by Gasteiger charge is 2.09. The first-order valence-corrected chi connectivity index (χ1v) is 6.36. The average Bonchev–Trinajstić information content (AvgIpc) is 2.33. The molecule has 18 heavy (non-hydrogen) atoms. The van der Waals surface area contributed by atoms with E-state index in [4.69, 9.17) is 0 Å². The molecule has 0 aliphatic heterocycles. The van der Waals surface area contributed by atoms with Crippen LogP contribution in [-0.2, 0) is 0 Å². The van der Waals surface area contributed by atoms with Gasteiger partial charge in [-0.25, -0.2) is 9.37 Å². The van der Waals surface area contributed by atoms with Crippen molar-refractivity contribution in [3.63, 3.8) is 0 Å². The Bertz CT molecular complexity index is 542. The molecule has 94 valence electrons. The molecular formula is C13H13BrFN3. The van der Waals surface area contributed by atoms with E-state index in [1.807, 2.05) is 26.0 Å². The molecule has 1 unspecified atom stereocenters. The van der Waals surface area contributed by atoms with E-state index in [2.05, 4.69) is 31.2 Å². The standard InChI is InChI=1S/C13H13BrFN3/c1-8(11-4-3-10(15)7-16-11)17-12-5-6-13(14)18-9(12)2/h3-8,17H,1-2H3. The van der Waals surface area contributed by atoms with E-state index in [-0.39, 0.29) is 11.9 Å². The summed E-state index contributed by atoms with van der Waals surface area (Å²) < 4.78 is 13.6. The smallest absolute Gasteiger partial charge is 0.141 e. The van der Waals surface area contributed by atoms with Crippen molar-refractivity contribution in [2.75, 3.05) is 5.32 Å². The molecule has 5 heteroatoms. The van der Waals surface area contributed by atoms with E-state index >= 15 is 0 Å². The third kappa shape index (κ3) is 3.04. The van der Waals surface area contributed by atoms with Crippen LogP contribution in [0.3, 0.4) is 0 Å². The lowest BCUT2D eigenvalue weighted by atomic mass is 10.2. The fourth-order valence-electron chi connectivity index (χ4n) is 1.63. The minimum atomic E-state index is -0.326. The molecule has 2 heterocycles. The molecule has 1 N–H and O–H groups in total. The molecule has 0 spiro atoms. The van der Waals surface area contributed by atoms with Gasteiger partial charge in [-0.15, -0.1) is 0 Å². The monoisotopic (exact) mass is 309 g/mol. The molecule has 1 atom stereocenters. The van der Waals surface area contributed by atoms with E-state index in [0.717, 1.165) is 21.7 Å². The summed E-state index contributed by atoms with van der Waals surface area (Å²) in [5, 5.41) is 3.30. The van der Waals surface area contributed by atoms with E-state index in [9.17, 15) is 4.39 Å². The van der Waals surface area contributed by atoms with E-state index < -0.39 is 0 Å². The summed E-state index contributed by atoms with van der Waals surface area (Å²) in [5.74, 6) is -0.326. The fourth-order valence-corrected chi connectivity index (χ4v) is 2.03. The molecule has 0 fully saturated rings. The molecule has 2 rings (SSSR count). The predicted molar refractivity (Wildman–Crippen MR) is 72.9 cm³/mol. The van der Waals surface area contributed by atoms with Crippen LogP contribution in [0.1, 0.15) is 24.4 Å². The van der Waals surface area contributed by atoms with Crippen LogP contribution in [0.2, 0.25) is 0 Å². The number of hydrogen-bond donors (Lipinski definition) is 1. The Kier molecular flexibility index (Phi) is 3.91. The molecule has 0 amide bonds. The first-order valence-electron chi connectivity index (χ1n) is 5.57. The number of nitrogens with zero attached hydrogens (tertiary/aromatic N) is 2. The lowest BCUT2D eigenvalue weighted by Gasteiger charge is -2.16. The minimum Gasteiger partial charge on any atom is -0.375 e. The summed E-state index contributed by atoms with van der Waals surface area (Å²) in [5.41, 5.74) is 2.63. The lowest BCUT2D eigenvalue weighted by Crippen LogP contribution is -2.10. The molecule has 0 aliphatic rings. The second kappa shape index (κ2) is 5.44. The van der Waals surface area contributed by atoms with Crippen LogP contribution in [0.15, 0.2) is 35.1 Å². The van der Waals surface area contributed by atoms with Gasteiger partial charge >= 0.3 is 0 Å². The molecule has 0 aliphatic carbocycles. The van der Waals surface area contributed by atoms with Gasteiger partial charge in [0.15, 0.2) is 0 Å². The number of pyridine rings is 2. The van der Waals surface area contributed by atoms with Gasteiger partial charge in [-0.2, -0.15) is 0 Å². The van der Waals surface area contributed by atoms with E-state index in [0.29, 0.717) is 0 Å².